The van der Waals surface area contributed by atoms with Crippen molar-refractivity contribution in [3.63, 3.8) is 0 Å². The van der Waals surface area contributed by atoms with Gasteiger partial charge in [0.15, 0.2) is 5.82 Å². The molecule has 4 heterocycles. The average Bonchev–Trinajstić information content (AvgIpc) is 4.05. The van der Waals surface area contributed by atoms with Crippen LogP contribution in [0.1, 0.15) is 22.3 Å². The van der Waals surface area contributed by atoms with Crippen molar-refractivity contribution in [2.75, 3.05) is 0 Å². The van der Waals surface area contributed by atoms with Crippen molar-refractivity contribution in [2.45, 2.75) is 5.41 Å². The van der Waals surface area contributed by atoms with Crippen molar-refractivity contribution in [1.29, 1.82) is 0 Å². The van der Waals surface area contributed by atoms with Gasteiger partial charge >= 0.3 is 0 Å². The maximum absolute atomic E-state index is 5.49. The number of aromatic nitrogens is 4. The van der Waals surface area contributed by atoms with Crippen LogP contribution in [0.15, 0.2) is 243 Å². The van der Waals surface area contributed by atoms with E-state index >= 15 is 0 Å². The average molecular weight is 877 g/mol. The second-order valence-corrected chi connectivity index (χ2v) is 18.4. The fourth-order valence-electron chi connectivity index (χ4n) is 12.1. The fraction of sp³-hybridized carbons (Fsp3) is 0.0154. The lowest BCUT2D eigenvalue weighted by molar-refractivity contribution is 0.748. The third-order valence-electron chi connectivity index (χ3n) is 14.9. The Hall–Kier alpha value is -9.12. The van der Waals surface area contributed by atoms with Crippen LogP contribution in [0.3, 0.4) is 0 Å². The minimum Gasteiger partial charge on any atom is -0.309 e. The number of para-hydroxylation sites is 5. The van der Waals surface area contributed by atoms with Crippen molar-refractivity contribution in [3.8, 4) is 67.5 Å². The predicted molar refractivity (Wildman–Crippen MR) is 283 cm³/mol. The van der Waals surface area contributed by atoms with Crippen LogP contribution in [-0.4, -0.2) is 19.1 Å². The Kier molecular flexibility index (Phi) is 7.96. The molecule has 4 nitrogen and oxygen atoms in total. The Balaban J connectivity index is 1.05. The van der Waals surface area contributed by atoms with Gasteiger partial charge in [0, 0.05) is 43.9 Å². The molecule has 0 saturated heterocycles. The maximum atomic E-state index is 5.49. The number of rotatable bonds is 5. The first-order valence-electron chi connectivity index (χ1n) is 23.7. The van der Waals surface area contributed by atoms with Crippen LogP contribution in [-0.2, 0) is 5.41 Å². The molecule has 0 fully saturated rings. The lowest BCUT2D eigenvalue weighted by Gasteiger charge is -2.39. The van der Waals surface area contributed by atoms with Gasteiger partial charge < -0.3 is 9.13 Å². The monoisotopic (exact) mass is 876 g/mol. The minimum atomic E-state index is -0.638. The summed E-state index contributed by atoms with van der Waals surface area (Å²) < 4.78 is 4.92. The highest BCUT2D eigenvalue weighted by Crippen LogP contribution is 2.63. The molecule has 320 valence electrons. The van der Waals surface area contributed by atoms with E-state index in [0.29, 0.717) is 5.82 Å². The van der Waals surface area contributed by atoms with Crippen molar-refractivity contribution < 1.29 is 0 Å². The zero-order valence-electron chi connectivity index (χ0n) is 37.4. The van der Waals surface area contributed by atoms with Gasteiger partial charge in [-0.25, -0.2) is 9.97 Å². The Bertz CT molecular complexity index is 4180. The number of benzene rings is 10. The Morgan fingerprint density at radius 1 is 0.319 bits per heavy atom. The van der Waals surface area contributed by atoms with Gasteiger partial charge in [-0.2, -0.15) is 0 Å². The second-order valence-electron chi connectivity index (χ2n) is 18.4. The van der Waals surface area contributed by atoms with Crippen molar-refractivity contribution in [1.82, 2.24) is 19.1 Å². The molecule has 4 heteroatoms. The quantitative estimate of drug-likeness (QED) is 0.173. The first kappa shape index (κ1) is 38.0. The number of nitrogens with zero attached hydrogens (tertiary/aromatic N) is 4. The van der Waals surface area contributed by atoms with Crippen molar-refractivity contribution in [2.24, 2.45) is 0 Å². The van der Waals surface area contributed by atoms with E-state index in [9.17, 15) is 0 Å². The van der Waals surface area contributed by atoms with E-state index in [1.54, 1.807) is 0 Å². The van der Waals surface area contributed by atoms with E-state index in [1.165, 1.54) is 82.7 Å². The summed E-state index contributed by atoms with van der Waals surface area (Å²) in [5.41, 5.74) is 21.2. The molecule has 15 rings (SSSR count). The molecule has 10 aromatic carbocycles. The summed E-state index contributed by atoms with van der Waals surface area (Å²) in [5.74, 6) is 0.700. The summed E-state index contributed by atoms with van der Waals surface area (Å²) in [6.45, 7) is 0. The smallest absolute Gasteiger partial charge is 0.160 e. The van der Waals surface area contributed by atoms with Crippen LogP contribution in [0, 0.1) is 0 Å². The molecule has 1 aliphatic heterocycles. The Morgan fingerprint density at radius 3 is 1.71 bits per heavy atom. The third kappa shape index (κ3) is 5.28. The van der Waals surface area contributed by atoms with Crippen LogP contribution < -0.4 is 0 Å². The Morgan fingerprint density at radius 2 is 0.899 bits per heavy atom. The van der Waals surface area contributed by atoms with Gasteiger partial charge in [0.1, 0.15) is 0 Å². The lowest BCUT2D eigenvalue weighted by Crippen LogP contribution is -2.33. The normalized spacial score (nSPS) is 14.4. The topological polar surface area (TPSA) is 35.6 Å². The zero-order chi connectivity index (χ0) is 45.2. The Labute approximate surface area is 398 Å². The predicted octanol–water partition coefficient (Wildman–Crippen LogP) is 16.0. The SMILES string of the molecule is c1ccc(-c2cc(-c3cccc4c3-c3cc(-c5ccc6c7ccccc7n(-c7ccccc7)c6c5)ccc3C43c4ccccc4-n4c5ccccc5c5cccc3c54)nc(-c3ccccc3)n2)cc1. The van der Waals surface area contributed by atoms with Crippen LogP contribution >= 0.6 is 0 Å². The molecule has 1 unspecified atom stereocenters. The van der Waals surface area contributed by atoms with E-state index in [4.69, 9.17) is 9.97 Å². The molecule has 1 spiro atoms. The summed E-state index contributed by atoms with van der Waals surface area (Å²) in [6, 6.07) is 88.7. The van der Waals surface area contributed by atoms with Gasteiger partial charge in [-0.3, -0.25) is 0 Å². The van der Waals surface area contributed by atoms with E-state index in [-0.39, 0.29) is 0 Å². The maximum Gasteiger partial charge on any atom is 0.160 e. The molecule has 0 bridgehead atoms. The molecule has 0 N–H and O–H groups in total. The zero-order valence-corrected chi connectivity index (χ0v) is 37.4. The largest absolute Gasteiger partial charge is 0.309 e. The molecule has 0 radical (unpaired) electrons. The van der Waals surface area contributed by atoms with Crippen molar-refractivity contribution >= 4 is 43.6 Å². The van der Waals surface area contributed by atoms with Crippen LogP contribution in [0.2, 0.25) is 0 Å². The minimum absolute atomic E-state index is 0.638. The molecule has 3 aromatic heterocycles. The molecular formula is C65H40N4. The number of fused-ring (bicyclic) bond motifs is 15. The first-order valence-corrected chi connectivity index (χ1v) is 23.7. The second kappa shape index (κ2) is 14.4. The molecule has 69 heavy (non-hydrogen) atoms. The van der Waals surface area contributed by atoms with Crippen LogP contribution in [0.25, 0.3) is 111 Å². The molecular weight excluding hydrogens is 837 g/mol. The first-order chi connectivity index (χ1) is 34.2. The summed E-state index contributed by atoms with van der Waals surface area (Å²) in [7, 11) is 0. The number of hydrogen-bond donors (Lipinski definition) is 0. The lowest BCUT2D eigenvalue weighted by atomic mass is 9.65. The molecule has 0 saturated carbocycles. The summed E-state index contributed by atoms with van der Waals surface area (Å²) in [5, 5.41) is 5.00. The van der Waals surface area contributed by atoms with E-state index < -0.39 is 5.41 Å². The third-order valence-corrected chi connectivity index (χ3v) is 14.9. The van der Waals surface area contributed by atoms with Gasteiger partial charge in [0.2, 0.25) is 0 Å². The highest BCUT2D eigenvalue weighted by Gasteiger charge is 2.51. The molecule has 1 aliphatic carbocycles. The van der Waals surface area contributed by atoms with Gasteiger partial charge in [0.25, 0.3) is 0 Å². The molecule has 0 amide bonds. The van der Waals surface area contributed by atoms with Gasteiger partial charge in [-0.05, 0) is 93.0 Å². The van der Waals surface area contributed by atoms with Crippen molar-refractivity contribution in [3.05, 3.63) is 265 Å². The van der Waals surface area contributed by atoms with Crippen LogP contribution in [0.4, 0.5) is 0 Å². The standard InChI is InChI=1S/C65H40N4/c1-4-18-41(19-5-1)56-40-57(67-64(66-56)42-20-6-2-7-21-42)50-27-17-29-54-62(50)51-38-43(44-34-36-48-46-24-10-13-31-58(46)68(61(48)39-44)45-22-8-3-9-23-45)35-37-52(51)65(54)53-28-12-15-33-60(53)69-59-32-14-11-25-47(59)49-26-16-30-55(65)63(49)69/h1-40H. The molecule has 1 atom stereocenters. The van der Waals surface area contributed by atoms with E-state index in [2.05, 4.69) is 246 Å². The van der Waals surface area contributed by atoms with E-state index in [0.717, 1.165) is 44.9 Å². The summed E-state index contributed by atoms with van der Waals surface area (Å²) in [6.07, 6.45) is 0. The summed E-state index contributed by atoms with van der Waals surface area (Å²) >= 11 is 0. The van der Waals surface area contributed by atoms with Crippen LogP contribution in [0.5, 0.6) is 0 Å². The number of hydrogen-bond acceptors (Lipinski definition) is 2. The molecule has 2 aliphatic rings. The van der Waals surface area contributed by atoms with E-state index in [1.807, 2.05) is 6.07 Å². The van der Waals surface area contributed by atoms with Gasteiger partial charge in [-0.1, -0.05) is 194 Å². The molecule has 13 aromatic rings. The van der Waals surface area contributed by atoms with Gasteiger partial charge in [0.05, 0.1) is 44.6 Å². The highest BCUT2D eigenvalue weighted by molar-refractivity contribution is 6.14. The summed E-state index contributed by atoms with van der Waals surface area (Å²) in [4.78, 5) is 10.7. The fourth-order valence-corrected chi connectivity index (χ4v) is 12.1. The van der Waals surface area contributed by atoms with Gasteiger partial charge in [-0.15, -0.1) is 0 Å². The highest BCUT2D eigenvalue weighted by atomic mass is 15.0.